The number of carbonyl (C=O) groups excluding carboxylic acids is 3. The molecule has 19 heteroatoms. The smallest absolute Gasteiger partial charge is 0.256 e. The van der Waals surface area contributed by atoms with Crippen LogP contribution < -0.4 is 33.0 Å². The van der Waals surface area contributed by atoms with Gasteiger partial charge in [-0.2, -0.15) is 0 Å². The van der Waals surface area contributed by atoms with Gasteiger partial charge in [0.25, 0.3) is 16.7 Å². The zero-order chi connectivity index (χ0) is 49.3. The summed E-state index contributed by atoms with van der Waals surface area (Å²) >= 11 is 15.0. The van der Waals surface area contributed by atoms with Crippen LogP contribution in [-0.4, -0.2) is 83.3 Å². The van der Waals surface area contributed by atoms with Crippen molar-refractivity contribution < 1.29 is 14.4 Å². The van der Waals surface area contributed by atoms with Crippen LogP contribution >= 0.6 is 34.8 Å². The minimum atomic E-state index is -0.508. The Balaban J connectivity index is 0.000000171. The molecule has 68 heavy (non-hydrogen) atoms. The predicted molar refractivity (Wildman–Crippen MR) is 277 cm³/mol. The summed E-state index contributed by atoms with van der Waals surface area (Å²) in [6, 6.07) is 32.0. The second-order valence-electron chi connectivity index (χ2n) is 14.5. The molecule has 0 aliphatic carbocycles. The summed E-state index contributed by atoms with van der Waals surface area (Å²) in [5, 5.41) is 8.94. The molecule has 6 heterocycles. The molecule has 0 bridgehead atoms. The highest BCUT2D eigenvalue weighted by molar-refractivity contribution is 6.67. The number of nitrogens with zero attached hydrogens (tertiary/aromatic N) is 4. The first-order valence-corrected chi connectivity index (χ1v) is 22.8. The number of carbonyl (C=O) groups is 3. The van der Waals surface area contributed by atoms with E-state index in [1.807, 2.05) is 48.5 Å². The van der Waals surface area contributed by atoms with Gasteiger partial charge in [0.2, 0.25) is 17.1 Å². The third-order valence-electron chi connectivity index (χ3n) is 10.2. The standard InChI is InChI=1S/C15H13N3O2.C14H10ClN3O2.C12H9N3O.C6H15N.C2H2Cl2O/c1-2-13(19)17-12-8-7-11-14(18-12)9-5-3-4-6-10(9)15(20)16-11;15-7-12(19)17-11-6-5-10-13(18-11)8-3-1-2-4-9(8)14(20)16-10;13-10-6-5-9-11(15-10)7-3-1-2-4-8(7)12(16)14-9;1-4-7(5-2)6-3;3-1-2(4)5/h3-8H,2H2,1H3,(H,16,20)(H,17,18,19);1-6H,7H2,(H,16,20)(H,17,18,19);1-6H,(H2,13,15)(H,14,16);4-6H2,1-3H3;1H2. The second-order valence-corrected chi connectivity index (χ2v) is 15.5. The van der Waals surface area contributed by atoms with Gasteiger partial charge >= 0.3 is 0 Å². The van der Waals surface area contributed by atoms with Gasteiger partial charge in [0.15, 0.2) is 0 Å². The lowest BCUT2D eigenvalue weighted by Gasteiger charge is -2.13. The van der Waals surface area contributed by atoms with Crippen LogP contribution in [0.4, 0.5) is 17.5 Å². The minimum absolute atomic E-state index is 0.0921. The summed E-state index contributed by atoms with van der Waals surface area (Å²) in [6.07, 6.45) is 0.395. The van der Waals surface area contributed by atoms with E-state index in [4.69, 9.17) is 40.5 Å². The first-order valence-electron chi connectivity index (χ1n) is 21.4. The molecule has 7 N–H and O–H groups in total. The minimum Gasteiger partial charge on any atom is -0.384 e. The highest BCUT2D eigenvalue weighted by Crippen LogP contribution is 2.23. The topological polar surface area (TPSA) is 242 Å². The highest BCUT2D eigenvalue weighted by atomic mass is 35.5. The van der Waals surface area contributed by atoms with Crippen molar-refractivity contribution in [3.63, 3.8) is 0 Å². The fourth-order valence-electron chi connectivity index (χ4n) is 6.76. The number of halogens is 3. The zero-order valence-corrected chi connectivity index (χ0v) is 39.9. The van der Waals surface area contributed by atoms with Crippen molar-refractivity contribution in [1.29, 1.82) is 0 Å². The summed E-state index contributed by atoms with van der Waals surface area (Å²) in [4.78, 5) is 91.6. The number of alkyl halides is 2. The van der Waals surface area contributed by atoms with Crippen molar-refractivity contribution in [2.24, 2.45) is 0 Å². The number of nitrogen functional groups attached to an aromatic ring is 1. The largest absolute Gasteiger partial charge is 0.384 e. The average Bonchev–Trinajstić information content (AvgIpc) is 3.36. The average molecular weight is 980 g/mol. The van der Waals surface area contributed by atoms with Crippen LogP contribution in [-0.2, 0) is 14.4 Å². The van der Waals surface area contributed by atoms with Gasteiger partial charge in [-0.3, -0.25) is 28.8 Å². The Hall–Kier alpha value is -7.24. The highest BCUT2D eigenvalue weighted by Gasteiger charge is 2.10. The van der Waals surface area contributed by atoms with E-state index in [1.165, 1.54) is 19.6 Å². The molecule has 16 nitrogen and oxygen atoms in total. The molecular weight excluding hydrogens is 931 g/mol. The number of nitrogens with one attached hydrogen (secondary N) is 5. The van der Waals surface area contributed by atoms with Crippen LogP contribution in [0.2, 0.25) is 0 Å². The number of H-pyrrole nitrogens is 3. The van der Waals surface area contributed by atoms with Crippen molar-refractivity contribution in [3.05, 3.63) is 140 Å². The third kappa shape index (κ3) is 13.4. The van der Waals surface area contributed by atoms with Crippen LogP contribution in [0.15, 0.2) is 124 Å². The molecule has 9 rings (SSSR count). The van der Waals surface area contributed by atoms with Gasteiger partial charge in [-0.25, -0.2) is 15.0 Å². The lowest BCUT2D eigenvalue weighted by molar-refractivity contribution is -0.116. The molecule has 9 aromatic rings. The lowest BCUT2D eigenvalue weighted by Crippen LogP contribution is -2.21. The maximum absolute atomic E-state index is 11.9. The van der Waals surface area contributed by atoms with Crippen LogP contribution in [0.25, 0.3) is 65.4 Å². The van der Waals surface area contributed by atoms with E-state index >= 15 is 0 Å². The SMILES string of the molecule is CCC(=O)Nc1ccc2[nH]c(=O)c3ccccc3c2n1.CCN(CC)CC.Nc1ccc2[nH]c(=O)c3ccccc3c2n1.O=C(CCl)Nc1ccc2[nH]c(=O)c3ccccc3c2n1.O=C(Cl)CCl. The summed E-state index contributed by atoms with van der Waals surface area (Å²) in [6.45, 7) is 11.9. The Morgan fingerprint density at radius 2 is 0.853 bits per heavy atom. The van der Waals surface area contributed by atoms with Crippen LogP contribution in [0, 0.1) is 0 Å². The van der Waals surface area contributed by atoms with Gasteiger partial charge < -0.3 is 36.2 Å². The molecular formula is C49H49Cl3N10O6. The first-order chi connectivity index (χ1) is 32.7. The van der Waals surface area contributed by atoms with E-state index in [0.29, 0.717) is 67.6 Å². The predicted octanol–water partition coefficient (Wildman–Crippen LogP) is 8.68. The Labute approximate surface area is 404 Å². The fourth-order valence-corrected chi connectivity index (χ4v) is 6.83. The van der Waals surface area contributed by atoms with Crippen LogP contribution in [0.3, 0.4) is 0 Å². The van der Waals surface area contributed by atoms with Crippen LogP contribution in [0.1, 0.15) is 34.1 Å². The van der Waals surface area contributed by atoms with Crippen molar-refractivity contribution >= 4 is 135 Å². The van der Waals surface area contributed by atoms with E-state index in [2.05, 4.69) is 66.2 Å². The first kappa shape index (κ1) is 51.7. The normalized spacial score (nSPS) is 10.6. The number of aromatic amines is 3. The second kappa shape index (κ2) is 25.0. The lowest BCUT2D eigenvalue weighted by atomic mass is 10.1. The number of amides is 2. The molecule has 0 saturated heterocycles. The monoisotopic (exact) mass is 978 g/mol. The number of hydrogen-bond donors (Lipinski definition) is 6. The molecule has 0 aliphatic rings. The Kier molecular flexibility index (Phi) is 19.1. The molecule has 0 radical (unpaired) electrons. The van der Waals surface area contributed by atoms with E-state index in [0.717, 1.165) is 21.7 Å². The van der Waals surface area contributed by atoms with Gasteiger partial charge in [-0.15, -0.1) is 23.2 Å². The number of fused-ring (bicyclic) bond motifs is 9. The molecule has 0 aliphatic heterocycles. The number of nitrogens with two attached hydrogens (primary N) is 1. The molecule has 0 unspecified atom stereocenters. The summed E-state index contributed by atoms with van der Waals surface area (Å²) in [5.41, 5.74) is 9.27. The summed E-state index contributed by atoms with van der Waals surface area (Å²) in [5.74, 6) is 0.692. The maximum Gasteiger partial charge on any atom is 0.256 e. The maximum atomic E-state index is 11.9. The van der Waals surface area contributed by atoms with Crippen LogP contribution in [0.5, 0.6) is 0 Å². The number of hydrogen-bond acceptors (Lipinski definition) is 11. The number of rotatable bonds is 8. The Morgan fingerprint density at radius 3 is 1.18 bits per heavy atom. The van der Waals surface area contributed by atoms with Crippen molar-refractivity contribution in [2.45, 2.75) is 34.1 Å². The molecule has 0 fully saturated rings. The van der Waals surface area contributed by atoms with Gasteiger partial charge in [0, 0.05) is 38.7 Å². The summed E-state index contributed by atoms with van der Waals surface area (Å²) < 4.78 is 0. The van der Waals surface area contributed by atoms with E-state index in [9.17, 15) is 28.8 Å². The van der Waals surface area contributed by atoms with E-state index in [-0.39, 0.29) is 40.3 Å². The molecule has 3 aromatic carbocycles. The van der Waals surface area contributed by atoms with Crippen molar-refractivity contribution in [3.8, 4) is 0 Å². The van der Waals surface area contributed by atoms with E-state index in [1.54, 1.807) is 67.6 Å². The van der Waals surface area contributed by atoms with Gasteiger partial charge in [-0.05, 0) is 85.8 Å². The number of benzene rings is 3. The third-order valence-corrected chi connectivity index (χ3v) is 10.9. The Morgan fingerprint density at radius 1 is 0.515 bits per heavy atom. The molecule has 2 amide bonds. The van der Waals surface area contributed by atoms with Gasteiger partial charge in [0.1, 0.15) is 23.3 Å². The zero-order valence-electron chi connectivity index (χ0n) is 37.6. The van der Waals surface area contributed by atoms with E-state index < -0.39 is 5.24 Å². The molecule has 0 spiro atoms. The summed E-state index contributed by atoms with van der Waals surface area (Å²) in [7, 11) is 0. The number of anilines is 3. The fraction of sp³-hybridized carbons (Fsp3) is 0.204. The van der Waals surface area contributed by atoms with Crippen molar-refractivity contribution in [1.82, 2.24) is 34.8 Å². The number of pyridine rings is 6. The molecule has 0 atom stereocenters. The number of aromatic nitrogens is 6. The molecule has 352 valence electrons. The van der Waals surface area contributed by atoms with Crippen molar-refractivity contribution in [2.75, 3.05) is 47.8 Å². The quantitative estimate of drug-likeness (QED) is 0.0478. The van der Waals surface area contributed by atoms with Gasteiger partial charge in [-0.1, -0.05) is 82.3 Å². The molecule has 6 aromatic heterocycles. The molecule has 0 saturated carbocycles. The Bertz CT molecular complexity index is 3260. The van der Waals surface area contributed by atoms with Gasteiger partial charge in [0.05, 0.1) is 39.0 Å².